The number of imidazole rings is 1. The van der Waals surface area contributed by atoms with Gasteiger partial charge in [-0.25, -0.2) is 9.37 Å². The fourth-order valence-electron chi connectivity index (χ4n) is 4.49. The van der Waals surface area contributed by atoms with E-state index < -0.39 is 12.1 Å². The zero-order valence-corrected chi connectivity index (χ0v) is 19.0. The van der Waals surface area contributed by atoms with Crippen LogP contribution in [0.4, 0.5) is 4.39 Å². The average molecular weight is 464 g/mol. The number of hydrogen-bond donors (Lipinski definition) is 3. The standard InChI is InChI=1S/C26H30FN5O2/c27-23-9-4-3-7-19(23)12-21(28)14-25(33)32-11-5-10-24(32)26(34)30-15-20-8-2-1-6-18(20)13-22-16-29-17-31-22/h1-4,6-9,16-17,21,24H,5,10-15,28H2,(H,29,31)(H,30,34)/t21-,24+/m1/s1. The van der Waals surface area contributed by atoms with Crippen LogP contribution >= 0.6 is 0 Å². The summed E-state index contributed by atoms with van der Waals surface area (Å²) in [7, 11) is 0. The first-order valence-electron chi connectivity index (χ1n) is 11.6. The molecule has 0 unspecified atom stereocenters. The van der Waals surface area contributed by atoms with Crippen LogP contribution < -0.4 is 11.1 Å². The molecule has 2 aromatic carbocycles. The van der Waals surface area contributed by atoms with Gasteiger partial charge >= 0.3 is 0 Å². The lowest BCUT2D eigenvalue weighted by molar-refractivity contribution is -0.138. The minimum Gasteiger partial charge on any atom is -0.350 e. The molecule has 1 aliphatic heterocycles. The van der Waals surface area contributed by atoms with Crippen LogP contribution in [-0.2, 0) is 29.0 Å². The van der Waals surface area contributed by atoms with E-state index in [0.29, 0.717) is 31.5 Å². The summed E-state index contributed by atoms with van der Waals surface area (Å²) in [5.74, 6) is -0.650. The van der Waals surface area contributed by atoms with E-state index in [1.807, 2.05) is 24.3 Å². The molecular weight excluding hydrogens is 433 g/mol. The van der Waals surface area contributed by atoms with Gasteiger partial charge in [0, 0.05) is 43.9 Å². The summed E-state index contributed by atoms with van der Waals surface area (Å²) in [4.78, 5) is 34.7. The van der Waals surface area contributed by atoms with Crippen LogP contribution in [0, 0.1) is 5.82 Å². The highest BCUT2D eigenvalue weighted by molar-refractivity contribution is 5.88. The number of nitrogens with one attached hydrogen (secondary N) is 2. The van der Waals surface area contributed by atoms with Crippen LogP contribution in [0.15, 0.2) is 61.1 Å². The third-order valence-corrected chi connectivity index (χ3v) is 6.26. The van der Waals surface area contributed by atoms with Gasteiger partial charge in [-0.1, -0.05) is 42.5 Å². The zero-order chi connectivity index (χ0) is 23.9. The van der Waals surface area contributed by atoms with Crippen molar-refractivity contribution in [3.8, 4) is 0 Å². The van der Waals surface area contributed by atoms with Crippen molar-refractivity contribution in [1.29, 1.82) is 0 Å². The van der Waals surface area contributed by atoms with Gasteiger partial charge in [0.1, 0.15) is 11.9 Å². The molecule has 1 fully saturated rings. The summed E-state index contributed by atoms with van der Waals surface area (Å²) in [6, 6.07) is 13.4. The van der Waals surface area contributed by atoms with E-state index in [9.17, 15) is 14.0 Å². The van der Waals surface area contributed by atoms with E-state index in [1.54, 1.807) is 35.6 Å². The molecule has 1 saturated heterocycles. The van der Waals surface area contributed by atoms with Gasteiger partial charge in [0.25, 0.3) is 0 Å². The molecule has 7 nitrogen and oxygen atoms in total. The van der Waals surface area contributed by atoms with Crippen molar-refractivity contribution < 1.29 is 14.0 Å². The first kappa shape index (κ1) is 23.6. The number of hydrogen-bond acceptors (Lipinski definition) is 4. The highest BCUT2D eigenvalue weighted by Gasteiger charge is 2.34. The second-order valence-corrected chi connectivity index (χ2v) is 8.75. The van der Waals surface area contributed by atoms with Gasteiger partial charge in [-0.2, -0.15) is 0 Å². The molecule has 0 radical (unpaired) electrons. The Morgan fingerprint density at radius 1 is 1.15 bits per heavy atom. The Morgan fingerprint density at radius 2 is 1.88 bits per heavy atom. The van der Waals surface area contributed by atoms with E-state index in [1.165, 1.54) is 6.07 Å². The second kappa shape index (κ2) is 11.1. The minimum atomic E-state index is -0.511. The zero-order valence-electron chi connectivity index (χ0n) is 19.0. The van der Waals surface area contributed by atoms with Gasteiger partial charge in [0.15, 0.2) is 0 Å². The molecule has 34 heavy (non-hydrogen) atoms. The molecule has 0 spiro atoms. The van der Waals surface area contributed by atoms with Crippen molar-refractivity contribution in [3.63, 3.8) is 0 Å². The molecule has 3 aromatic rings. The van der Waals surface area contributed by atoms with Crippen LogP contribution in [0.25, 0.3) is 0 Å². The van der Waals surface area contributed by atoms with E-state index in [0.717, 1.165) is 23.2 Å². The second-order valence-electron chi connectivity index (χ2n) is 8.75. The third kappa shape index (κ3) is 5.88. The number of amides is 2. The van der Waals surface area contributed by atoms with Gasteiger partial charge in [-0.3, -0.25) is 9.59 Å². The number of benzene rings is 2. The number of halogens is 1. The molecule has 4 rings (SSSR count). The van der Waals surface area contributed by atoms with Gasteiger partial charge < -0.3 is 20.9 Å². The Bertz CT molecular complexity index is 1120. The lowest BCUT2D eigenvalue weighted by Gasteiger charge is -2.25. The predicted octanol–water partition coefficient (Wildman–Crippen LogP) is 2.71. The summed E-state index contributed by atoms with van der Waals surface area (Å²) in [6.45, 7) is 0.911. The van der Waals surface area contributed by atoms with Gasteiger partial charge in [-0.15, -0.1) is 0 Å². The molecule has 2 atom stereocenters. The SMILES string of the molecule is N[C@@H](CC(=O)N1CCC[C@H]1C(=O)NCc1ccccc1Cc1cnc[nH]1)Cc1ccccc1F. The maximum Gasteiger partial charge on any atom is 0.243 e. The molecule has 178 valence electrons. The molecule has 1 aliphatic rings. The number of H-pyrrole nitrogens is 1. The molecule has 2 amide bonds. The Kier molecular flexibility index (Phi) is 7.69. The first-order valence-corrected chi connectivity index (χ1v) is 11.6. The fraction of sp³-hybridized carbons (Fsp3) is 0.346. The average Bonchev–Trinajstić information content (AvgIpc) is 3.52. The number of likely N-dealkylation sites (tertiary alicyclic amines) is 1. The van der Waals surface area contributed by atoms with E-state index in [-0.39, 0.29) is 30.5 Å². The Hall–Kier alpha value is -3.52. The van der Waals surface area contributed by atoms with E-state index >= 15 is 0 Å². The van der Waals surface area contributed by atoms with E-state index in [2.05, 4.69) is 15.3 Å². The third-order valence-electron chi connectivity index (χ3n) is 6.26. The molecule has 0 bridgehead atoms. The minimum absolute atomic E-state index is 0.0745. The smallest absolute Gasteiger partial charge is 0.243 e. The normalized spacial score (nSPS) is 16.4. The summed E-state index contributed by atoms with van der Waals surface area (Å²) < 4.78 is 13.9. The van der Waals surface area contributed by atoms with Crippen molar-refractivity contribution in [3.05, 3.63) is 89.3 Å². The number of carbonyl (C=O) groups excluding carboxylic acids is 2. The Labute approximate surface area is 198 Å². The fourth-order valence-corrected chi connectivity index (χ4v) is 4.49. The molecule has 8 heteroatoms. The number of rotatable bonds is 9. The number of aromatic nitrogens is 2. The molecule has 2 heterocycles. The van der Waals surface area contributed by atoms with Gasteiger partial charge in [0.2, 0.25) is 11.8 Å². The van der Waals surface area contributed by atoms with Crippen LogP contribution in [0.3, 0.4) is 0 Å². The summed E-state index contributed by atoms with van der Waals surface area (Å²) >= 11 is 0. The van der Waals surface area contributed by atoms with Crippen molar-refractivity contribution in [1.82, 2.24) is 20.2 Å². The summed E-state index contributed by atoms with van der Waals surface area (Å²) in [5, 5.41) is 3.01. The monoisotopic (exact) mass is 463 g/mol. The highest BCUT2D eigenvalue weighted by Crippen LogP contribution is 2.20. The molecule has 0 aliphatic carbocycles. The number of carbonyl (C=O) groups is 2. The van der Waals surface area contributed by atoms with Crippen molar-refractivity contribution >= 4 is 11.8 Å². The van der Waals surface area contributed by atoms with Crippen LogP contribution in [0.2, 0.25) is 0 Å². The number of aromatic amines is 1. The van der Waals surface area contributed by atoms with E-state index in [4.69, 9.17) is 5.73 Å². The van der Waals surface area contributed by atoms with Crippen molar-refractivity contribution in [2.24, 2.45) is 5.73 Å². The number of nitrogens with two attached hydrogens (primary N) is 1. The number of nitrogens with zero attached hydrogens (tertiary/aromatic N) is 2. The first-order chi connectivity index (χ1) is 16.5. The molecule has 0 saturated carbocycles. The van der Waals surface area contributed by atoms with Crippen molar-refractivity contribution in [2.75, 3.05) is 6.54 Å². The lowest BCUT2D eigenvalue weighted by atomic mass is 10.0. The van der Waals surface area contributed by atoms with Gasteiger partial charge in [0.05, 0.1) is 6.33 Å². The quantitative estimate of drug-likeness (QED) is 0.454. The Morgan fingerprint density at radius 3 is 2.62 bits per heavy atom. The van der Waals surface area contributed by atoms with Crippen LogP contribution in [-0.4, -0.2) is 45.3 Å². The molecular formula is C26H30FN5O2. The maximum absolute atomic E-state index is 13.9. The maximum atomic E-state index is 13.9. The summed E-state index contributed by atoms with van der Waals surface area (Å²) in [5.41, 5.74) is 9.76. The topological polar surface area (TPSA) is 104 Å². The van der Waals surface area contributed by atoms with Crippen LogP contribution in [0.5, 0.6) is 0 Å². The van der Waals surface area contributed by atoms with Crippen LogP contribution in [0.1, 0.15) is 41.6 Å². The highest BCUT2D eigenvalue weighted by atomic mass is 19.1. The largest absolute Gasteiger partial charge is 0.350 e. The molecule has 1 aromatic heterocycles. The Balaban J connectivity index is 1.33. The van der Waals surface area contributed by atoms with Gasteiger partial charge in [-0.05, 0) is 42.0 Å². The van der Waals surface area contributed by atoms with Crippen molar-refractivity contribution in [2.45, 2.75) is 50.7 Å². The predicted molar refractivity (Wildman–Crippen MR) is 127 cm³/mol. The molecule has 4 N–H and O–H groups in total. The summed E-state index contributed by atoms with van der Waals surface area (Å²) in [6.07, 6.45) is 5.86. The lowest BCUT2D eigenvalue weighted by Crippen LogP contribution is -2.47.